The predicted molar refractivity (Wildman–Crippen MR) is 150 cm³/mol. The van der Waals surface area contributed by atoms with E-state index in [4.69, 9.17) is 9.26 Å². The molecule has 0 aliphatic carbocycles. The van der Waals surface area contributed by atoms with Crippen LogP contribution in [0.25, 0.3) is 11.4 Å². The zero-order valence-electron chi connectivity index (χ0n) is 23.2. The molecule has 1 aromatic carbocycles. The molecule has 212 valence electrons. The summed E-state index contributed by atoms with van der Waals surface area (Å²) in [6, 6.07) is 12.1. The number of ether oxygens (including phenoxy) is 1. The number of likely N-dealkylation sites (tertiary alicyclic amines) is 1. The lowest BCUT2D eigenvalue weighted by Crippen LogP contribution is -2.45. The topological polar surface area (TPSA) is 155 Å². The van der Waals surface area contributed by atoms with Gasteiger partial charge in [0.15, 0.2) is 0 Å². The van der Waals surface area contributed by atoms with Crippen molar-refractivity contribution in [2.45, 2.75) is 64.9 Å². The third-order valence-corrected chi connectivity index (χ3v) is 6.16. The van der Waals surface area contributed by atoms with E-state index in [2.05, 4.69) is 49.8 Å². The number of pyridine rings is 1. The number of carbonyl (C=O) groups excluding carboxylic acids is 1. The Hall–Kier alpha value is -4.48. The number of rotatable bonds is 7. The molecule has 2 aromatic heterocycles. The number of nitrogens with zero attached hydrogens (tertiary/aromatic N) is 5. The van der Waals surface area contributed by atoms with Crippen molar-refractivity contribution < 1.29 is 24.0 Å². The van der Waals surface area contributed by atoms with Crippen LogP contribution in [0.5, 0.6) is 0 Å². The van der Waals surface area contributed by atoms with Gasteiger partial charge in [-0.05, 0) is 69.9 Å². The van der Waals surface area contributed by atoms with E-state index >= 15 is 0 Å². The largest absolute Gasteiger partial charge is 0.463 e. The summed E-state index contributed by atoms with van der Waals surface area (Å²) in [5.74, 6) is 1.23. The zero-order valence-corrected chi connectivity index (χ0v) is 23.2. The van der Waals surface area contributed by atoms with E-state index in [1.54, 1.807) is 31.9 Å². The minimum absolute atomic E-state index is 0.105. The molecule has 1 aliphatic heterocycles. The Morgan fingerprint density at radius 2 is 1.98 bits per heavy atom. The number of anilines is 2. The SMILES string of the molecule is CCCCc1ccc(Nc2ccc(-c3noc([C@@H]4CCN(/C(=N/C(=O)O)NC(=O)OC(C)(C)C)C4)n3)cn2)cc1. The van der Waals surface area contributed by atoms with Crippen molar-refractivity contribution in [3.63, 3.8) is 0 Å². The van der Waals surface area contributed by atoms with Gasteiger partial charge in [0, 0.05) is 30.5 Å². The first kappa shape index (κ1) is 28.5. The maximum Gasteiger partial charge on any atom is 0.434 e. The molecule has 0 saturated carbocycles. The van der Waals surface area contributed by atoms with Gasteiger partial charge in [-0.15, -0.1) is 4.99 Å². The zero-order chi connectivity index (χ0) is 28.7. The first-order valence-electron chi connectivity index (χ1n) is 13.3. The Kier molecular flexibility index (Phi) is 8.97. The maximum absolute atomic E-state index is 12.2. The lowest BCUT2D eigenvalue weighted by molar-refractivity contribution is 0.0557. The minimum atomic E-state index is -1.43. The number of nitrogens with one attached hydrogen (secondary N) is 2. The first-order valence-corrected chi connectivity index (χ1v) is 13.3. The summed E-state index contributed by atoms with van der Waals surface area (Å²) in [5, 5.41) is 19.0. The number of amides is 2. The summed E-state index contributed by atoms with van der Waals surface area (Å²) in [6.07, 6.45) is 3.50. The fourth-order valence-electron chi connectivity index (χ4n) is 4.22. The number of alkyl carbamates (subject to hydrolysis) is 1. The number of carboxylic acid groups (broad SMARTS) is 1. The molecular weight excluding hydrogens is 514 g/mol. The van der Waals surface area contributed by atoms with Crippen molar-refractivity contribution in [3.05, 3.63) is 54.0 Å². The quantitative estimate of drug-likeness (QED) is 0.252. The first-order chi connectivity index (χ1) is 19.1. The standard InChI is InChI=1S/C28H35N7O5/c1-5-6-7-18-8-11-21(12-9-18)30-22-13-10-19(16-29-22)23-31-24(40-34-23)20-14-15-35(17-20)25(32-26(36)37)33-27(38)39-28(2,3)4/h8-13,16,20H,5-7,14-15,17H2,1-4H3,(H,29,30)(H,36,37)(H,32,33,38)/t20-/m1/s1. The van der Waals surface area contributed by atoms with Gasteiger partial charge in [0.2, 0.25) is 17.7 Å². The van der Waals surface area contributed by atoms with Gasteiger partial charge in [0.05, 0.1) is 5.92 Å². The smallest absolute Gasteiger partial charge is 0.434 e. The molecule has 0 bridgehead atoms. The molecule has 12 nitrogen and oxygen atoms in total. The molecule has 12 heteroatoms. The summed E-state index contributed by atoms with van der Waals surface area (Å²) >= 11 is 0. The van der Waals surface area contributed by atoms with Crippen LogP contribution in [-0.2, 0) is 11.2 Å². The average molecular weight is 550 g/mol. The molecule has 3 heterocycles. The number of hydrogen-bond acceptors (Lipinski definition) is 8. The molecule has 3 N–H and O–H groups in total. The van der Waals surface area contributed by atoms with Crippen LogP contribution in [0.4, 0.5) is 21.1 Å². The van der Waals surface area contributed by atoms with Crippen LogP contribution in [0.3, 0.4) is 0 Å². The molecule has 1 atom stereocenters. The van der Waals surface area contributed by atoms with E-state index < -0.39 is 17.8 Å². The Bertz CT molecular complexity index is 1330. The normalized spacial score (nSPS) is 15.7. The molecule has 3 aromatic rings. The molecule has 0 radical (unpaired) electrons. The van der Waals surface area contributed by atoms with E-state index in [1.165, 1.54) is 18.4 Å². The number of guanidine groups is 1. The van der Waals surface area contributed by atoms with Crippen LogP contribution in [0.2, 0.25) is 0 Å². The van der Waals surface area contributed by atoms with Crippen LogP contribution in [0, 0.1) is 0 Å². The number of aryl methyl sites for hydroxylation is 1. The molecule has 1 aliphatic rings. The van der Waals surface area contributed by atoms with Crippen molar-refractivity contribution in [1.82, 2.24) is 25.3 Å². The molecule has 2 amide bonds. The molecule has 1 saturated heterocycles. The average Bonchev–Trinajstić information content (AvgIpc) is 3.57. The van der Waals surface area contributed by atoms with Gasteiger partial charge in [0.1, 0.15) is 11.4 Å². The third kappa shape index (κ3) is 8.01. The highest BCUT2D eigenvalue weighted by Crippen LogP contribution is 2.28. The number of aliphatic imine (C=N–C) groups is 1. The maximum atomic E-state index is 12.2. The van der Waals surface area contributed by atoms with Crippen LogP contribution < -0.4 is 10.6 Å². The highest BCUT2D eigenvalue weighted by molar-refractivity contribution is 5.98. The van der Waals surface area contributed by atoms with Gasteiger partial charge >= 0.3 is 12.2 Å². The Morgan fingerprint density at radius 3 is 2.62 bits per heavy atom. The lowest BCUT2D eigenvalue weighted by Gasteiger charge is -2.23. The van der Waals surface area contributed by atoms with E-state index in [0.717, 1.165) is 12.1 Å². The van der Waals surface area contributed by atoms with E-state index in [0.29, 0.717) is 42.6 Å². The molecular formula is C28H35N7O5. The molecule has 0 unspecified atom stereocenters. The second kappa shape index (κ2) is 12.6. The Morgan fingerprint density at radius 1 is 1.20 bits per heavy atom. The van der Waals surface area contributed by atoms with Crippen LogP contribution in [-0.4, -0.2) is 62.0 Å². The van der Waals surface area contributed by atoms with Crippen LogP contribution >= 0.6 is 0 Å². The van der Waals surface area contributed by atoms with Crippen molar-refractivity contribution in [3.8, 4) is 11.4 Å². The second-order valence-electron chi connectivity index (χ2n) is 10.6. The van der Waals surface area contributed by atoms with Gasteiger partial charge in [-0.1, -0.05) is 30.6 Å². The monoisotopic (exact) mass is 549 g/mol. The fraction of sp³-hybridized carbons (Fsp3) is 0.429. The van der Waals surface area contributed by atoms with Crippen molar-refractivity contribution in [2.75, 3.05) is 18.4 Å². The van der Waals surface area contributed by atoms with Gasteiger partial charge in [0.25, 0.3) is 0 Å². The van der Waals surface area contributed by atoms with Gasteiger partial charge in [-0.3, -0.25) is 5.32 Å². The summed E-state index contributed by atoms with van der Waals surface area (Å²) < 4.78 is 10.8. The summed E-state index contributed by atoms with van der Waals surface area (Å²) in [5.41, 5.74) is 2.23. The lowest BCUT2D eigenvalue weighted by atomic mass is 10.1. The van der Waals surface area contributed by atoms with E-state index in [9.17, 15) is 14.7 Å². The number of benzene rings is 1. The molecule has 4 rings (SSSR count). The second-order valence-corrected chi connectivity index (χ2v) is 10.6. The van der Waals surface area contributed by atoms with Gasteiger partial charge in [-0.2, -0.15) is 4.98 Å². The number of carbonyl (C=O) groups is 2. The summed E-state index contributed by atoms with van der Waals surface area (Å²) in [4.78, 5) is 37.7. The number of unbranched alkanes of at least 4 members (excludes halogenated alkanes) is 1. The third-order valence-electron chi connectivity index (χ3n) is 6.16. The van der Waals surface area contributed by atoms with Gasteiger partial charge in [-0.25, -0.2) is 14.6 Å². The van der Waals surface area contributed by atoms with E-state index in [-0.39, 0.29) is 11.9 Å². The Balaban J connectivity index is 1.37. The van der Waals surface area contributed by atoms with Crippen molar-refractivity contribution >= 4 is 29.7 Å². The van der Waals surface area contributed by atoms with Crippen molar-refractivity contribution in [2.24, 2.45) is 4.99 Å². The van der Waals surface area contributed by atoms with E-state index in [1.807, 2.05) is 24.3 Å². The van der Waals surface area contributed by atoms with Crippen molar-refractivity contribution in [1.29, 1.82) is 0 Å². The number of hydrogen-bond donors (Lipinski definition) is 3. The fourth-order valence-corrected chi connectivity index (χ4v) is 4.22. The highest BCUT2D eigenvalue weighted by Gasteiger charge is 2.32. The molecule has 0 spiro atoms. The van der Waals surface area contributed by atoms with Gasteiger partial charge < -0.3 is 24.6 Å². The highest BCUT2D eigenvalue weighted by atomic mass is 16.6. The predicted octanol–water partition coefficient (Wildman–Crippen LogP) is 5.57. The number of aromatic nitrogens is 3. The minimum Gasteiger partial charge on any atom is -0.463 e. The Labute approximate surface area is 232 Å². The van der Waals surface area contributed by atoms with Crippen LogP contribution in [0.15, 0.2) is 52.1 Å². The molecule has 1 fully saturated rings. The van der Waals surface area contributed by atoms with Crippen LogP contribution in [0.1, 0.15) is 64.3 Å². The summed E-state index contributed by atoms with van der Waals surface area (Å²) in [7, 11) is 0. The summed E-state index contributed by atoms with van der Waals surface area (Å²) in [6.45, 7) is 8.10. The molecule has 40 heavy (non-hydrogen) atoms.